The second-order valence-corrected chi connectivity index (χ2v) is 6.08. The molecule has 6 nitrogen and oxygen atoms in total. The van der Waals surface area contributed by atoms with Crippen molar-refractivity contribution in [2.75, 3.05) is 26.4 Å². The van der Waals surface area contributed by atoms with Crippen molar-refractivity contribution in [3.8, 4) is 11.5 Å². The summed E-state index contributed by atoms with van der Waals surface area (Å²) in [5.74, 6) is -0.929. The molecule has 0 aromatic heterocycles. The topological polar surface area (TPSA) is 71.1 Å². The summed E-state index contributed by atoms with van der Waals surface area (Å²) < 4.78 is 56.3. The fraction of sp³-hybridized carbons (Fsp3) is 0.273. The lowest BCUT2D eigenvalue weighted by atomic mass is 10.2. The molecule has 0 heterocycles. The molecule has 0 aliphatic rings. The van der Waals surface area contributed by atoms with Gasteiger partial charge in [-0.3, -0.25) is 0 Å². The second kappa shape index (κ2) is 11.8. The first-order valence-electron chi connectivity index (χ1n) is 9.31. The van der Waals surface area contributed by atoms with Gasteiger partial charge in [-0.15, -0.1) is 0 Å². The first kappa shape index (κ1) is 23.9. The van der Waals surface area contributed by atoms with Gasteiger partial charge in [0.1, 0.15) is 18.1 Å². The molecule has 0 spiro atoms. The van der Waals surface area contributed by atoms with Crippen LogP contribution in [0.4, 0.5) is 13.2 Å². The molecule has 0 saturated carbocycles. The SMILES string of the molecule is CCOCCOC(=O)/C=C/c1ccc(OC(=O)c2ccc(OCC(F)(F)F)cc2)cc1. The predicted octanol–water partition coefficient (Wildman–Crippen LogP) is 4.44. The molecule has 0 aliphatic carbocycles. The smallest absolute Gasteiger partial charge is 0.422 e. The van der Waals surface area contributed by atoms with Crippen LogP contribution in [0, 0.1) is 0 Å². The molecule has 0 atom stereocenters. The number of rotatable bonds is 10. The maximum Gasteiger partial charge on any atom is 0.422 e. The minimum atomic E-state index is -4.44. The van der Waals surface area contributed by atoms with Crippen LogP contribution in [0.2, 0.25) is 0 Å². The Morgan fingerprint density at radius 1 is 0.935 bits per heavy atom. The zero-order valence-corrected chi connectivity index (χ0v) is 16.7. The van der Waals surface area contributed by atoms with Gasteiger partial charge in [-0.05, 0) is 55.0 Å². The zero-order valence-electron chi connectivity index (χ0n) is 16.7. The number of esters is 2. The van der Waals surface area contributed by atoms with Crippen molar-refractivity contribution < 1.29 is 41.7 Å². The number of hydrogen-bond acceptors (Lipinski definition) is 6. The Kier molecular flexibility index (Phi) is 9.08. The fourth-order valence-electron chi connectivity index (χ4n) is 2.22. The number of hydrogen-bond donors (Lipinski definition) is 0. The van der Waals surface area contributed by atoms with Crippen LogP contribution in [0.5, 0.6) is 11.5 Å². The van der Waals surface area contributed by atoms with Crippen LogP contribution < -0.4 is 9.47 Å². The van der Waals surface area contributed by atoms with Crippen molar-refractivity contribution >= 4 is 18.0 Å². The highest BCUT2D eigenvalue weighted by atomic mass is 19.4. The molecular weight excluding hydrogens is 417 g/mol. The third-order valence-corrected chi connectivity index (χ3v) is 3.67. The number of carbonyl (C=O) groups is 2. The summed E-state index contributed by atoms with van der Waals surface area (Å²) in [4.78, 5) is 23.7. The fourth-order valence-corrected chi connectivity index (χ4v) is 2.22. The molecule has 2 aromatic carbocycles. The van der Waals surface area contributed by atoms with Gasteiger partial charge >= 0.3 is 18.1 Å². The van der Waals surface area contributed by atoms with E-state index in [0.717, 1.165) is 0 Å². The molecule has 0 N–H and O–H groups in total. The molecule has 0 radical (unpaired) electrons. The monoisotopic (exact) mass is 438 g/mol. The van der Waals surface area contributed by atoms with Gasteiger partial charge in [0.25, 0.3) is 0 Å². The highest BCUT2D eigenvalue weighted by Crippen LogP contribution is 2.20. The molecule has 2 rings (SSSR count). The molecule has 0 aliphatic heterocycles. The van der Waals surface area contributed by atoms with E-state index < -0.39 is 24.7 Å². The van der Waals surface area contributed by atoms with E-state index >= 15 is 0 Å². The molecular formula is C22H21F3O6. The van der Waals surface area contributed by atoms with E-state index in [1.807, 2.05) is 6.92 Å². The van der Waals surface area contributed by atoms with Gasteiger partial charge < -0.3 is 18.9 Å². The standard InChI is InChI=1S/C22H21F3O6/c1-2-28-13-14-29-20(26)12-5-16-3-8-19(9-4-16)31-21(27)17-6-10-18(11-7-17)30-15-22(23,24)25/h3-12H,2,13-15H2,1H3/b12-5+. The zero-order chi connectivity index (χ0) is 22.7. The Hall–Kier alpha value is -3.33. The molecule has 9 heteroatoms. The minimum Gasteiger partial charge on any atom is -0.484 e. The number of ether oxygens (including phenoxy) is 4. The van der Waals surface area contributed by atoms with Gasteiger partial charge in [0.2, 0.25) is 0 Å². The summed E-state index contributed by atoms with van der Waals surface area (Å²) in [6.45, 7) is 1.48. The van der Waals surface area contributed by atoms with Gasteiger partial charge in [0, 0.05) is 12.7 Å². The summed E-state index contributed by atoms with van der Waals surface area (Å²) >= 11 is 0. The van der Waals surface area contributed by atoms with E-state index in [1.54, 1.807) is 30.3 Å². The van der Waals surface area contributed by atoms with Gasteiger partial charge in [-0.2, -0.15) is 13.2 Å². The molecule has 31 heavy (non-hydrogen) atoms. The van der Waals surface area contributed by atoms with Crippen molar-refractivity contribution in [2.24, 2.45) is 0 Å². The number of alkyl halides is 3. The average molecular weight is 438 g/mol. The van der Waals surface area contributed by atoms with Crippen LogP contribution in [0.1, 0.15) is 22.8 Å². The lowest BCUT2D eigenvalue weighted by molar-refractivity contribution is -0.153. The van der Waals surface area contributed by atoms with Gasteiger partial charge in [-0.1, -0.05) is 12.1 Å². The summed E-state index contributed by atoms with van der Waals surface area (Å²) in [5.41, 5.74) is 0.839. The maximum absolute atomic E-state index is 12.2. The molecule has 0 fully saturated rings. The van der Waals surface area contributed by atoms with Gasteiger partial charge in [0.15, 0.2) is 6.61 Å². The third kappa shape index (κ3) is 9.35. The molecule has 0 unspecified atom stereocenters. The van der Waals surface area contributed by atoms with Crippen LogP contribution >= 0.6 is 0 Å². The minimum absolute atomic E-state index is 0.0126. The molecule has 0 saturated heterocycles. The first-order valence-corrected chi connectivity index (χ1v) is 9.31. The van der Waals surface area contributed by atoms with Crippen LogP contribution in [0.15, 0.2) is 54.6 Å². The Bertz CT molecular complexity index is 874. The average Bonchev–Trinajstić information content (AvgIpc) is 2.74. The molecule has 0 bridgehead atoms. The maximum atomic E-state index is 12.2. The van der Waals surface area contributed by atoms with E-state index in [4.69, 9.17) is 14.2 Å². The highest BCUT2D eigenvalue weighted by Gasteiger charge is 2.28. The Labute approximate surface area is 177 Å². The summed E-state index contributed by atoms with van der Waals surface area (Å²) in [5, 5.41) is 0. The van der Waals surface area contributed by atoms with E-state index in [2.05, 4.69) is 4.74 Å². The second-order valence-electron chi connectivity index (χ2n) is 6.08. The summed E-state index contributed by atoms with van der Waals surface area (Å²) in [6.07, 6.45) is -1.62. The Morgan fingerprint density at radius 3 is 2.19 bits per heavy atom. The van der Waals surface area contributed by atoms with Gasteiger partial charge in [0.05, 0.1) is 12.2 Å². The van der Waals surface area contributed by atoms with Gasteiger partial charge in [-0.25, -0.2) is 9.59 Å². The highest BCUT2D eigenvalue weighted by molar-refractivity contribution is 5.91. The summed E-state index contributed by atoms with van der Waals surface area (Å²) in [7, 11) is 0. The van der Waals surface area contributed by atoms with Crippen molar-refractivity contribution in [3.05, 3.63) is 65.7 Å². The van der Waals surface area contributed by atoms with Crippen LogP contribution in [0.3, 0.4) is 0 Å². The van der Waals surface area contributed by atoms with Crippen molar-refractivity contribution in [1.82, 2.24) is 0 Å². The largest absolute Gasteiger partial charge is 0.484 e. The number of benzene rings is 2. The van der Waals surface area contributed by atoms with Crippen molar-refractivity contribution in [2.45, 2.75) is 13.1 Å². The summed E-state index contributed by atoms with van der Waals surface area (Å²) in [6, 6.07) is 11.5. The van der Waals surface area contributed by atoms with E-state index in [0.29, 0.717) is 18.8 Å². The molecule has 2 aromatic rings. The normalized spacial score (nSPS) is 11.4. The van der Waals surface area contributed by atoms with Crippen LogP contribution in [0.25, 0.3) is 6.08 Å². The lowest BCUT2D eigenvalue weighted by Gasteiger charge is -2.09. The van der Waals surface area contributed by atoms with Crippen molar-refractivity contribution in [1.29, 1.82) is 0 Å². The first-order chi connectivity index (χ1) is 14.8. The van der Waals surface area contributed by atoms with Crippen molar-refractivity contribution in [3.63, 3.8) is 0 Å². The predicted molar refractivity (Wildman–Crippen MR) is 106 cm³/mol. The third-order valence-electron chi connectivity index (χ3n) is 3.67. The van der Waals surface area contributed by atoms with E-state index in [-0.39, 0.29) is 23.7 Å². The lowest BCUT2D eigenvalue weighted by Crippen LogP contribution is -2.19. The Morgan fingerprint density at radius 2 is 1.58 bits per heavy atom. The number of halogens is 3. The molecule has 166 valence electrons. The number of carbonyl (C=O) groups excluding carboxylic acids is 2. The van der Waals surface area contributed by atoms with E-state index in [9.17, 15) is 22.8 Å². The molecule has 0 amide bonds. The van der Waals surface area contributed by atoms with Crippen LogP contribution in [-0.4, -0.2) is 44.5 Å². The Balaban J connectivity index is 1.84. The van der Waals surface area contributed by atoms with Crippen LogP contribution in [-0.2, 0) is 14.3 Å². The van der Waals surface area contributed by atoms with E-state index in [1.165, 1.54) is 30.3 Å². The quantitative estimate of drug-likeness (QED) is 0.236.